The molecule has 0 amide bonds. The molecule has 9 heteroatoms. The number of piperazine rings is 1. The molecule has 1 fully saturated rings. The standard InChI is InChI=1S/C23H28ClN5O2.ClH/c24-20-6-4-7-21(18-20)27-14-12-26(13-15-27)10-5-11-29-23(30)28(19-25-29)16-17-31-22-8-2-1-3-9-22;/h1-4,6-9,18-19H,5,10-17H2;1H. The molecule has 0 N–H and O–H groups in total. The Morgan fingerprint density at radius 3 is 2.47 bits per heavy atom. The fourth-order valence-electron chi connectivity index (χ4n) is 3.80. The molecular weight excluding hydrogens is 449 g/mol. The predicted octanol–water partition coefficient (Wildman–Crippen LogP) is 3.41. The first-order valence-corrected chi connectivity index (χ1v) is 11.1. The van der Waals surface area contributed by atoms with Gasteiger partial charge in [-0.25, -0.2) is 9.48 Å². The van der Waals surface area contributed by atoms with Crippen molar-refractivity contribution in [3.05, 3.63) is 76.4 Å². The Balaban J connectivity index is 0.00000289. The van der Waals surface area contributed by atoms with Gasteiger partial charge in [-0.05, 0) is 36.8 Å². The number of rotatable bonds is 9. The van der Waals surface area contributed by atoms with Gasteiger partial charge in [-0.1, -0.05) is 35.9 Å². The predicted molar refractivity (Wildman–Crippen MR) is 130 cm³/mol. The third-order valence-electron chi connectivity index (χ3n) is 5.53. The number of aryl methyl sites for hydroxylation is 1. The lowest BCUT2D eigenvalue weighted by molar-refractivity contribution is 0.248. The largest absolute Gasteiger partial charge is 0.492 e. The molecule has 0 spiro atoms. The minimum absolute atomic E-state index is 0. The van der Waals surface area contributed by atoms with Crippen molar-refractivity contribution in [2.75, 3.05) is 44.2 Å². The summed E-state index contributed by atoms with van der Waals surface area (Å²) in [5, 5.41) is 5.03. The molecule has 2 heterocycles. The first kappa shape index (κ1) is 24.2. The van der Waals surface area contributed by atoms with Gasteiger partial charge in [-0.2, -0.15) is 5.10 Å². The third kappa shape index (κ3) is 6.51. The Bertz CT molecular complexity index is 1020. The van der Waals surface area contributed by atoms with Gasteiger partial charge in [0.05, 0.1) is 6.54 Å². The number of para-hydroxylation sites is 1. The number of hydrogen-bond acceptors (Lipinski definition) is 5. The van der Waals surface area contributed by atoms with Crippen molar-refractivity contribution < 1.29 is 4.74 Å². The van der Waals surface area contributed by atoms with E-state index in [2.05, 4.69) is 21.0 Å². The van der Waals surface area contributed by atoms with Gasteiger partial charge in [0.15, 0.2) is 0 Å². The summed E-state index contributed by atoms with van der Waals surface area (Å²) in [5.41, 5.74) is 1.10. The van der Waals surface area contributed by atoms with Crippen molar-refractivity contribution in [3.63, 3.8) is 0 Å². The zero-order chi connectivity index (χ0) is 21.5. The summed E-state index contributed by atoms with van der Waals surface area (Å²) >= 11 is 6.11. The second-order valence-electron chi connectivity index (χ2n) is 7.65. The van der Waals surface area contributed by atoms with Gasteiger partial charge in [0.25, 0.3) is 0 Å². The highest BCUT2D eigenvalue weighted by Crippen LogP contribution is 2.20. The van der Waals surface area contributed by atoms with E-state index in [1.807, 2.05) is 48.5 Å². The van der Waals surface area contributed by atoms with Gasteiger partial charge in [0.2, 0.25) is 0 Å². The molecule has 0 aliphatic carbocycles. The van der Waals surface area contributed by atoms with Crippen LogP contribution < -0.4 is 15.3 Å². The van der Waals surface area contributed by atoms with Crippen LogP contribution in [0.2, 0.25) is 5.02 Å². The van der Waals surface area contributed by atoms with Crippen molar-refractivity contribution in [3.8, 4) is 5.75 Å². The number of hydrogen-bond donors (Lipinski definition) is 0. The van der Waals surface area contributed by atoms with Crippen LogP contribution in [0.3, 0.4) is 0 Å². The van der Waals surface area contributed by atoms with Crippen molar-refractivity contribution in [2.45, 2.75) is 19.5 Å². The first-order valence-electron chi connectivity index (χ1n) is 10.7. The van der Waals surface area contributed by atoms with Gasteiger partial charge in [-0.15, -0.1) is 12.4 Å². The van der Waals surface area contributed by atoms with Gasteiger partial charge >= 0.3 is 5.69 Å². The lowest BCUT2D eigenvalue weighted by Crippen LogP contribution is -2.46. The normalized spacial score (nSPS) is 14.2. The zero-order valence-electron chi connectivity index (χ0n) is 18.0. The van der Waals surface area contributed by atoms with Crippen LogP contribution in [0, 0.1) is 0 Å². The van der Waals surface area contributed by atoms with Crippen molar-refractivity contribution in [1.29, 1.82) is 0 Å². The number of anilines is 1. The summed E-state index contributed by atoms with van der Waals surface area (Å²) in [7, 11) is 0. The van der Waals surface area contributed by atoms with E-state index in [-0.39, 0.29) is 18.1 Å². The molecule has 32 heavy (non-hydrogen) atoms. The van der Waals surface area contributed by atoms with Crippen LogP contribution in [0.5, 0.6) is 5.75 Å². The molecule has 1 saturated heterocycles. The summed E-state index contributed by atoms with van der Waals surface area (Å²) < 4.78 is 8.82. The van der Waals surface area contributed by atoms with E-state index in [1.165, 1.54) is 5.69 Å². The summed E-state index contributed by atoms with van der Waals surface area (Å²) in [5.74, 6) is 0.804. The van der Waals surface area contributed by atoms with Crippen LogP contribution in [0.15, 0.2) is 65.7 Å². The highest BCUT2D eigenvalue weighted by molar-refractivity contribution is 6.30. The lowest BCUT2D eigenvalue weighted by Gasteiger charge is -2.36. The van der Waals surface area contributed by atoms with Crippen LogP contribution in [-0.2, 0) is 13.1 Å². The maximum Gasteiger partial charge on any atom is 0.345 e. The van der Waals surface area contributed by atoms with E-state index in [0.717, 1.165) is 49.9 Å². The topological polar surface area (TPSA) is 55.5 Å². The zero-order valence-corrected chi connectivity index (χ0v) is 19.5. The number of aromatic nitrogens is 3. The van der Waals surface area contributed by atoms with E-state index in [0.29, 0.717) is 19.7 Å². The lowest BCUT2D eigenvalue weighted by atomic mass is 10.2. The molecule has 0 atom stereocenters. The molecule has 1 aliphatic rings. The monoisotopic (exact) mass is 477 g/mol. The Hall–Kier alpha value is -2.48. The minimum Gasteiger partial charge on any atom is -0.492 e. The second-order valence-corrected chi connectivity index (χ2v) is 8.09. The summed E-state index contributed by atoms with van der Waals surface area (Å²) in [6, 6.07) is 17.6. The number of ether oxygens (including phenoxy) is 1. The molecule has 172 valence electrons. The minimum atomic E-state index is -0.0811. The number of nitrogens with zero attached hydrogens (tertiary/aromatic N) is 5. The fraction of sp³-hybridized carbons (Fsp3) is 0.391. The molecule has 0 radical (unpaired) electrons. The Kier molecular flexibility index (Phi) is 9.02. The Morgan fingerprint density at radius 1 is 0.938 bits per heavy atom. The van der Waals surface area contributed by atoms with Gasteiger partial charge in [0, 0.05) is 50.0 Å². The Labute approximate surface area is 199 Å². The molecular formula is C23H29Cl2N5O2. The van der Waals surface area contributed by atoms with Crippen LogP contribution in [0.4, 0.5) is 5.69 Å². The van der Waals surface area contributed by atoms with Gasteiger partial charge in [0.1, 0.15) is 18.7 Å². The Morgan fingerprint density at radius 2 is 1.72 bits per heavy atom. The van der Waals surface area contributed by atoms with Crippen molar-refractivity contribution in [1.82, 2.24) is 19.2 Å². The van der Waals surface area contributed by atoms with Crippen LogP contribution in [-0.4, -0.2) is 58.6 Å². The number of halogens is 2. The quantitative estimate of drug-likeness (QED) is 0.472. The SMILES string of the molecule is Cl.O=c1n(CCOc2ccccc2)cnn1CCCN1CCN(c2cccc(Cl)c2)CC1. The van der Waals surface area contributed by atoms with Crippen molar-refractivity contribution in [2.24, 2.45) is 0 Å². The van der Waals surface area contributed by atoms with E-state index in [4.69, 9.17) is 16.3 Å². The molecule has 7 nitrogen and oxygen atoms in total. The molecule has 4 rings (SSSR count). The number of benzene rings is 2. The van der Waals surface area contributed by atoms with E-state index < -0.39 is 0 Å². The fourth-order valence-corrected chi connectivity index (χ4v) is 3.99. The maximum atomic E-state index is 12.5. The van der Waals surface area contributed by atoms with Crippen LogP contribution in [0.25, 0.3) is 0 Å². The average Bonchev–Trinajstić information content (AvgIpc) is 3.14. The van der Waals surface area contributed by atoms with Crippen LogP contribution >= 0.6 is 24.0 Å². The highest BCUT2D eigenvalue weighted by Gasteiger charge is 2.17. The second kappa shape index (κ2) is 11.9. The molecule has 0 unspecified atom stereocenters. The van der Waals surface area contributed by atoms with E-state index >= 15 is 0 Å². The molecule has 0 bridgehead atoms. The third-order valence-corrected chi connectivity index (χ3v) is 5.77. The first-order chi connectivity index (χ1) is 15.2. The average molecular weight is 478 g/mol. The molecule has 1 aromatic heterocycles. The van der Waals surface area contributed by atoms with Crippen LogP contribution in [0.1, 0.15) is 6.42 Å². The van der Waals surface area contributed by atoms with E-state index in [1.54, 1.807) is 15.6 Å². The molecule has 2 aromatic carbocycles. The van der Waals surface area contributed by atoms with Gasteiger partial charge in [-0.3, -0.25) is 9.47 Å². The summed E-state index contributed by atoms with van der Waals surface area (Å²) in [4.78, 5) is 17.3. The van der Waals surface area contributed by atoms with Gasteiger partial charge < -0.3 is 9.64 Å². The van der Waals surface area contributed by atoms with Crippen molar-refractivity contribution >= 4 is 29.7 Å². The summed E-state index contributed by atoms with van der Waals surface area (Å²) in [6.45, 7) is 6.48. The highest BCUT2D eigenvalue weighted by atomic mass is 35.5. The molecule has 1 aliphatic heterocycles. The van der Waals surface area contributed by atoms with E-state index in [9.17, 15) is 4.79 Å². The smallest absolute Gasteiger partial charge is 0.345 e. The molecule has 3 aromatic rings. The summed E-state index contributed by atoms with van der Waals surface area (Å²) in [6.07, 6.45) is 2.50. The maximum absolute atomic E-state index is 12.5. The molecule has 0 saturated carbocycles.